The maximum atomic E-state index is 12.1. The first-order valence-electron chi connectivity index (χ1n) is 6.53. The van der Waals surface area contributed by atoms with Gasteiger partial charge in [0.05, 0.1) is 18.1 Å². The van der Waals surface area contributed by atoms with Crippen molar-refractivity contribution in [2.75, 3.05) is 26.7 Å². The Morgan fingerprint density at radius 1 is 1.47 bits per heavy atom. The van der Waals surface area contributed by atoms with Gasteiger partial charge in [-0.1, -0.05) is 0 Å². The quantitative estimate of drug-likeness (QED) is 0.660. The topological polar surface area (TPSA) is 67.6 Å². The van der Waals surface area contributed by atoms with Crippen LogP contribution in [0.1, 0.15) is 12.8 Å². The highest BCUT2D eigenvalue weighted by Crippen LogP contribution is 2.37. The van der Waals surface area contributed by atoms with Crippen LogP contribution >= 0.6 is 0 Å². The molecule has 17 heavy (non-hydrogen) atoms. The van der Waals surface area contributed by atoms with E-state index in [-0.39, 0.29) is 30.0 Å². The number of hydrogen-bond donors (Lipinski definition) is 2. The lowest BCUT2D eigenvalue weighted by atomic mass is 9.72. The number of rotatable bonds is 2. The molecule has 0 aromatic rings. The molecule has 0 spiro atoms. The lowest BCUT2D eigenvalue weighted by molar-refractivity contribution is -0.129. The van der Waals surface area contributed by atoms with E-state index in [2.05, 4.69) is 17.3 Å². The summed E-state index contributed by atoms with van der Waals surface area (Å²) in [6, 6.07) is 0.131. The van der Waals surface area contributed by atoms with Gasteiger partial charge in [-0.2, -0.15) is 0 Å². The molecule has 1 saturated carbocycles. The van der Waals surface area contributed by atoms with Gasteiger partial charge in [-0.3, -0.25) is 4.79 Å². The van der Waals surface area contributed by atoms with E-state index in [1.165, 1.54) is 0 Å². The first-order valence-corrected chi connectivity index (χ1v) is 6.53. The number of carbonyl (C=O) groups is 1. The number of amides is 1. The standard InChI is InChI=1S/C12H21N3O2/c1-15-4-2-7(6-15)12(16)14-10-9(13)8-3-5-17-11(8)10/h7-11H,2-6,13H2,1H3,(H,14,16). The van der Waals surface area contributed by atoms with E-state index in [9.17, 15) is 4.79 Å². The number of nitrogens with zero attached hydrogens (tertiary/aromatic N) is 1. The highest BCUT2D eigenvalue weighted by atomic mass is 16.5. The fourth-order valence-corrected chi connectivity index (χ4v) is 3.36. The normalized spacial score (nSPS) is 45.4. The molecule has 0 aromatic carbocycles. The van der Waals surface area contributed by atoms with E-state index in [4.69, 9.17) is 10.5 Å². The van der Waals surface area contributed by atoms with Gasteiger partial charge in [-0.15, -0.1) is 0 Å². The number of ether oxygens (including phenoxy) is 1. The molecular weight excluding hydrogens is 218 g/mol. The van der Waals surface area contributed by atoms with Gasteiger partial charge in [-0.05, 0) is 26.4 Å². The van der Waals surface area contributed by atoms with Gasteiger partial charge in [0.1, 0.15) is 0 Å². The molecule has 2 saturated heterocycles. The van der Waals surface area contributed by atoms with E-state index in [0.29, 0.717) is 5.92 Å². The smallest absolute Gasteiger partial charge is 0.224 e. The Hall–Kier alpha value is -0.650. The fourth-order valence-electron chi connectivity index (χ4n) is 3.36. The summed E-state index contributed by atoms with van der Waals surface area (Å²) >= 11 is 0. The number of likely N-dealkylation sites (tertiary alicyclic amines) is 1. The maximum absolute atomic E-state index is 12.1. The molecule has 1 amide bonds. The molecule has 5 unspecified atom stereocenters. The van der Waals surface area contributed by atoms with Crippen molar-refractivity contribution in [3.8, 4) is 0 Å². The second kappa shape index (κ2) is 4.23. The zero-order chi connectivity index (χ0) is 12.0. The van der Waals surface area contributed by atoms with Crippen molar-refractivity contribution in [3.05, 3.63) is 0 Å². The maximum Gasteiger partial charge on any atom is 0.224 e. The number of nitrogens with one attached hydrogen (secondary N) is 1. The molecule has 96 valence electrons. The highest BCUT2D eigenvalue weighted by molar-refractivity contribution is 5.79. The number of hydrogen-bond acceptors (Lipinski definition) is 4. The molecule has 0 radical (unpaired) electrons. The minimum atomic E-state index is 0.0425. The summed E-state index contributed by atoms with van der Waals surface area (Å²) in [4.78, 5) is 14.3. The third kappa shape index (κ3) is 1.86. The van der Waals surface area contributed by atoms with Crippen molar-refractivity contribution < 1.29 is 9.53 Å². The predicted molar refractivity (Wildman–Crippen MR) is 63.4 cm³/mol. The van der Waals surface area contributed by atoms with Gasteiger partial charge < -0.3 is 20.7 Å². The first kappa shape index (κ1) is 11.4. The molecule has 0 aromatic heterocycles. The predicted octanol–water partition coefficient (Wildman–Crippen LogP) is -0.831. The molecular formula is C12H21N3O2. The third-order valence-electron chi connectivity index (χ3n) is 4.52. The van der Waals surface area contributed by atoms with Crippen molar-refractivity contribution in [2.24, 2.45) is 17.6 Å². The van der Waals surface area contributed by atoms with Crippen LogP contribution in [0.15, 0.2) is 0 Å². The monoisotopic (exact) mass is 239 g/mol. The van der Waals surface area contributed by atoms with Gasteiger partial charge in [0.15, 0.2) is 0 Å². The van der Waals surface area contributed by atoms with E-state index >= 15 is 0 Å². The highest BCUT2D eigenvalue weighted by Gasteiger charge is 2.53. The van der Waals surface area contributed by atoms with Crippen LogP contribution in [0.25, 0.3) is 0 Å². The summed E-state index contributed by atoms with van der Waals surface area (Å²) in [5, 5.41) is 3.08. The van der Waals surface area contributed by atoms with E-state index in [0.717, 1.165) is 32.5 Å². The minimum absolute atomic E-state index is 0.0425. The molecule has 0 bridgehead atoms. The van der Waals surface area contributed by atoms with Crippen molar-refractivity contribution >= 4 is 5.91 Å². The molecule has 5 heteroatoms. The second-order valence-electron chi connectivity index (χ2n) is 5.65. The average molecular weight is 239 g/mol. The van der Waals surface area contributed by atoms with Crippen LogP contribution in [-0.4, -0.2) is 55.7 Å². The van der Waals surface area contributed by atoms with Gasteiger partial charge >= 0.3 is 0 Å². The number of carbonyl (C=O) groups excluding carboxylic acids is 1. The number of fused-ring (bicyclic) bond motifs is 1. The molecule has 2 heterocycles. The van der Waals surface area contributed by atoms with Gasteiger partial charge in [0.2, 0.25) is 5.91 Å². The number of nitrogens with two attached hydrogens (primary N) is 1. The van der Waals surface area contributed by atoms with E-state index in [1.54, 1.807) is 0 Å². The zero-order valence-electron chi connectivity index (χ0n) is 10.3. The lowest BCUT2D eigenvalue weighted by Crippen LogP contribution is -2.69. The molecule has 5 nitrogen and oxygen atoms in total. The Morgan fingerprint density at radius 3 is 3.00 bits per heavy atom. The Bertz CT molecular complexity index is 323. The lowest BCUT2D eigenvalue weighted by Gasteiger charge is -2.45. The fraction of sp³-hybridized carbons (Fsp3) is 0.917. The van der Waals surface area contributed by atoms with E-state index in [1.807, 2.05) is 0 Å². The van der Waals surface area contributed by atoms with Gasteiger partial charge in [-0.25, -0.2) is 0 Å². The molecule has 3 fully saturated rings. The summed E-state index contributed by atoms with van der Waals surface area (Å²) in [5.41, 5.74) is 6.08. The summed E-state index contributed by atoms with van der Waals surface area (Å²) < 4.78 is 5.61. The van der Waals surface area contributed by atoms with Crippen LogP contribution in [0.4, 0.5) is 0 Å². The largest absolute Gasteiger partial charge is 0.376 e. The Morgan fingerprint density at radius 2 is 2.29 bits per heavy atom. The summed E-state index contributed by atoms with van der Waals surface area (Å²) in [7, 11) is 2.05. The third-order valence-corrected chi connectivity index (χ3v) is 4.52. The Kier molecular flexibility index (Phi) is 2.84. The Balaban J connectivity index is 1.55. The molecule has 3 rings (SSSR count). The van der Waals surface area contributed by atoms with Crippen LogP contribution in [0.2, 0.25) is 0 Å². The van der Waals surface area contributed by atoms with E-state index < -0.39 is 0 Å². The summed E-state index contributed by atoms with van der Waals surface area (Å²) in [5.74, 6) is 0.753. The van der Waals surface area contributed by atoms with Crippen LogP contribution in [-0.2, 0) is 9.53 Å². The second-order valence-corrected chi connectivity index (χ2v) is 5.65. The first-order chi connectivity index (χ1) is 8.16. The van der Waals surface area contributed by atoms with Crippen molar-refractivity contribution in [1.82, 2.24) is 10.2 Å². The molecule has 2 aliphatic heterocycles. The Labute approximate surface area is 102 Å². The van der Waals surface area contributed by atoms with Crippen molar-refractivity contribution in [3.63, 3.8) is 0 Å². The molecule has 1 aliphatic carbocycles. The van der Waals surface area contributed by atoms with Crippen LogP contribution in [0, 0.1) is 11.8 Å². The van der Waals surface area contributed by atoms with Crippen LogP contribution in [0.5, 0.6) is 0 Å². The van der Waals surface area contributed by atoms with Crippen LogP contribution < -0.4 is 11.1 Å². The summed E-state index contributed by atoms with van der Waals surface area (Å²) in [6.45, 7) is 2.67. The zero-order valence-corrected chi connectivity index (χ0v) is 10.3. The molecule has 3 aliphatic rings. The molecule has 5 atom stereocenters. The van der Waals surface area contributed by atoms with Crippen LogP contribution in [0.3, 0.4) is 0 Å². The summed E-state index contributed by atoms with van der Waals surface area (Å²) in [6.07, 6.45) is 2.18. The van der Waals surface area contributed by atoms with Crippen molar-refractivity contribution in [2.45, 2.75) is 31.0 Å². The van der Waals surface area contributed by atoms with Crippen molar-refractivity contribution in [1.29, 1.82) is 0 Å². The van der Waals surface area contributed by atoms with Gasteiger partial charge in [0.25, 0.3) is 0 Å². The van der Waals surface area contributed by atoms with Gasteiger partial charge in [0, 0.05) is 25.1 Å². The average Bonchev–Trinajstić information content (AvgIpc) is 2.92. The SMILES string of the molecule is CN1CCC(C(=O)NC2C(N)C3CCOC32)C1. The minimum Gasteiger partial charge on any atom is -0.376 e. The molecule has 3 N–H and O–H groups in total.